The van der Waals surface area contributed by atoms with Crippen LogP contribution in [0.4, 0.5) is 22.0 Å². The number of nitrogens with one attached hydrogen (secondary N) is 2. The highest BCUT2D eigenvalue weighted by molar-refractivity contribution is 6.00. The molecule has 10 atom stereocenters. The minimum absolute atomic E-state index is 0.0120. The van der Waals surface area contributed by atoms with E-state index in [0.29, 0.717) is 41.4 Å². The lowest BCUT2D eigenvalue weighted by Gasteiger charge is -2.45. The summed E-state index contributed by atoms with van der Waals surface area (Å²) in [6.07, 6.45) is 4.93. The summed E-state index contributed by atoms with van der Waals surface area (Å²) in [5.41, 5.74) is -3.92. The quantitative estimate of drug-likeness (QED) is 0.208. The predicted octanol–water partition coefficient (Wildman–Crippen LogP) is 3.15. The van der Waals surface area contributed by atoms with Gasteiger partial charge in [0.25, 0.3) is 23.6 Å². The molecule has 0 spiro atoms. The fraction of sp³-hybridized carbons (Fsp3) is 0.422. The van der Waals surface area contributed by atoms with Crippen LogP contribution in [-0.4, -0.2) is 89.5 Å². The van der Waals surface area contributed by atoms with Crippen LogP contribution in [0, 0.1) is 59.7 Å². The Balaban J connectivity index is 0.000000146. The zero-order chi connectivity index (χ0) is 46.4. The van der Waals surface area contributed by atoms with Crippen molar-refractivity contribution < 1.29 is 60.8 Å². The number of aromatic nitrogens is 2. The predicted molar refractivity (Wildman–Crippen MR) is 214 cm³/mol. The van der Waals surface area contributed by atoms with Crippen molar-refractivity contribution in [1.29, 1.82) is 0 Å². The molecule has 6 heterocycles. The normalized spacial score (nSPS) is 28.8. The number of aromatic hydroxyl groups is 2. The fourth-order valence-electron chi connectivity index (χ4n) is 11.2. The molecule has 4 saturated carbocycles. The Hall–Kier alpha value is -6.61. The molecule has 12 rings (SSSR count). The first-order valence-corrected chi connectivity index (χ1v) is 21.5. The summed E-state index contributed by atoms with van der Waals surface area (Å²) in [6.45, 7) is 0.705. The van der Waals surface area contributed by atoms with Crippen LogP contribution in [0.1, 0.15) is 84.1 Å². The van der Waals surface area contributed by atoms with Crippen molar-refractivity contribution in [3.63, 3.8) is 0 Å². The van der Waals surface area contributed by atoms with Gasteiger partial charge in [0.1, 0.15) is 40.2 Å². The number of rotatable bonds is 6. The Morgan fingerprint density at radius 3 is 1.42 bits per heavy atom. The van der Waals surface area contributed by atoms with E-state index in [9.17, 15) is 60.9 Å². The van der Waals surface area contributed by atoms with E-state index in [2.05, 4.69) is 10.6 Å². The molecular formula is C45H39F5N6O10. The largest absolute Gasteiger partial charge is 0.503 e. The van der Waals surface area contributed by atoms with Gasteiger partial charge < -0.3 is 49.3 Å². The molecule has 8 aliphatic rings. The highest BCUT2D eigenvalue weighted by atomic mass is 19.2. The van der Waals surface area contributed by atoms with E-state index in [0.717, 1.165) is 44.0 Å². The zero-order valence-corrected chi connectivity index (χ0v) is 34.7. The van der Waals surface area contributed by atoms with E-state index >= 15 is 0 Å². The van der Waals surface area contributed by atoms with Crippen LogP contribution in [0.3, 0.4) is 0 Å². The molecule has 2 aromatic carbocycles. The molecule has 4 amide bonds. The maximum Gasteiger partial charge on any atom is 0.276 e. The summed E-state index contributed by atoms with van der Waals surface area (Å²) >= 11 is 0. The molecule has 16 nitrogen and oxygen atoms in total. The van der Waals surface area contributed by atoms with Crippen LogP contribution in [0.5, 0.6) is 11.5 Å². The monoisotopic (exact) mass is 918 g/mol. The Kier molecular flexibility index (Phi) is 9.53. The molecule has 0 radical (unpaired) electrons. The first kappa shape index (κ1) is 42.1. The van der Waals surface area contributed by atoms with Crippen molar-refractivity contribution in [3.05, 3.63) is 125 Å². The van der Waals surface area contributed by atoms with Gasteiger partial charge in [0, 0.05) is 60.8 Å². The van der Waals surface area contributed by atoms with E-state index in [-0.39, 0.29) is 54.3 Å². The van der Waals surface area contributed by atoms with Crippen LogP contribution in [0.25, 0.3) is 0 Å². The second-order valence-electron chi connectivity index (χ2n) is 18.3. The summed E-state index contributed by atoms with van der Waals surface area (Å²) < 4.78 is 83.8. The van der Waals surface area contributed by atoms with Gasteiger partial charge in [-0.25, -0.2) is 22.0 Å². The van der Waals surface area contributed by atoms with Crippen molar-refractivity contribution in [3.8, 4) is 11.5 Å². The molecule has 2 aromatic heterocycles. The number of amides is 4. The molecule has 2 unspecified atom stereocenters. The average Bonchev–Trinajstić information content (AvgIpc) is 4.18. The minimum Gasteiger partial charge on any atom is -0.503 e. The first-order chi connectivity index (χ1) is 31.5. The first-order valence-electron chi connectivity index (χ1n) is 21.5. The van der Waals surface area contributed by atoms with E-state index in [1.165, 1.54) is 22.3 Å². The molecule has 2 saturated heterocycles. The SMILES string of the molecule is Cc1cc(F)c(CNC(=O)c2cn3c(c(O)c2=O)C(=O)N2C(C3)O[C@@H]3C[C@H]2[C@H]2C[C@H]23)c(F)c1.O=C(NCc1c(F)cc(F)cc1F)c1cn2c(c(O)c1=O)C(=O)N1C(C2)O[C@H]2C[C@@H]1[C@@H]1C[C@@H]12. The smallest absolute Gasteiger partial charge is 0.276 e. The minimum atomic E-state index is -1.19. The molecule has 4 aliphatic carbocycles. The zero-order valence-electron chi connectivity index (χ0n) is 34.7. The number of pyridine rings is 2. The van der Waals surface area contributed by atoms with Crippen LogP contribution in [0.15, 0.2) is 46.2 Å². The number of nitrogens with zero attached hydrogens (tertiary/aromatic N) is 4. The summed E-state index contributed by atoms with van der Waals surface area (Å²) in [6, 6.07) is 3.28. The maximum atomic E-state index is 14.1. The molecule has 21 heteroatoms. The number of halogens is 5. The Morgan fingerprint density at radius 1 is 0.621 bits per heavy atom. The van der Waals surface area contributed by atoms with Gasteiger partial charge >= 0.3 is 0 Å². The average molecular weight is 919 g/mol. The number of ether oxygens (including phenoxy) is 2. The molecule has 6 fully saturated rings. The van der Waals surface area contributed by atoms with Crippen LogP contribution >= 0.6 is 0 Å². The van der Waals surface area contributed by atoms with E-state index in [1.54, 1.807) is 9.80 Å². The molecule has 66 heavy (non-hydrogen) atoms. The summed E-state index contributed by atoms with van der Waals surface area (Å²) in [4.78, 5) is 80.3. The second kappa shape index (κ2) is 15.0. The van der Waals surface area contributed by atoms with Crippen LogP contribution < -0.4 is 21.5 Å². The van der Waals surface area contributed by atoms with Gasteiger partial charge in [0.15, 0.2) is 35.3 Å². The van der Waals surface area contributed by atoms with Gasteiger partial charge in [-0.3, -0.25) is 28.8 Å². The van der Waals surface area contributed by atoms with Gasteiger partial charge in [0.2, 0.25) is 10.9 Å². The highest BCUT2D eigenvalue weighted by Crippen LogP contribution is 2.59. The van der Waals surface area contributed by atoms with Crippen molar-refractivity contribution in [1.82, 2.24) is 29.6 Å². The van der Waals surface area contributed by atoms with Gasteiger partial charge in [-0.1, -0.05) is 0 Å². The lowest BCUT2D eigenvalue weighted by molar-refractivity contribution is -0.144. The third-order valence-corrected chi connectivity index (χ3v) is 14.5. The topological polar surface area (TPSA) is 202 Å². The van der Waals surface area contributed by atoms with E-state index in [1.807, 2.05) is 0 Å². The Labute approximate surface area is 369 Å². The number of carbonyl (C=O) groups excluding carboxylic acids is 4. The maximum absolute atomic E-state index is 14.1. The summed E-state index contributed by atoms with van der Waals surface area (Å²) in [7, 11) is 0. The van der Waals surface area contributed by atoms with Gasteiger partial charge in [0.05, 0.1) is 25.3 Å². The van der Waals surface area contributed by atoms with Gasteiger partial charge in [-0.2, -0.15) is 0 Å². The molecule has 4 N–H and O–H groups in total. The van der Waals surface area contributed by atoms with Crippen molar-refractivity contribution in [2.45, 2.75) is 95.5 Å². The van der Waals surface area contributed by atoms with Crippen LogP contribution in [-0.2, 0) is 35.7 Å². The molecule has 4 aromatic rings. The number of hydrogen-bond acceptors (Lipinski definition) is 10. The third-order valence-electron chi connectivity index (χ3n) is 14.5. The Morgan fingerprint density at radius 2 is 1.02 bits per heavy atom. The van der Waals surface area contributed by atoms with Crippen molar-refractivity contribution in [2.24, 2.45) is 23.7 Å². The van der Waals surface area contributed by atoms with E-state index < -0.39 is 117 Å². The number of hydrogen-bond donors (Lipinski definition) is 4. The summed E-state index contributed by atoms with van der Waals surface area (Å²) in [5.74, 6) is -8.07. The number of benzene rings is 2. The second-order valence-corrected chi connectivity index (χ2v) is 18.3. The van der Waals surface area contributed by atoms with Crippen molar-refractivity contribution in [2.75, 3.05) is 0 Å². The number of fused-ring (bicyclic) bond motifs is 16. The number of carbonyl (C=O) groups is 4. The molecule has 4 aliphatic heterocycles. The lowest BCUT2D eigenvalue weighted by atomic mass is 10.0. The van der Waals surface area contributed by atoms with E-state index in [4.69, 9.17) is 9.47 Å². The molecule has 4 bridgehead atoms. The summed E-state index contributed by atoms with van der Waals surface area (Å²) in [5, 5.41) is 25.6. The van der Waals surface area contributed by atoms with Crippen LogP contribution in [0.2, 0.25) is 0 Å². The number of aryl methyl sites for hydroxylation is 1. The molecule has 344 valence electrons. The standard InChI is InChI=1S/C23H21F2N3O5.C22H18F3N3O5/c1-9-2-14(24)12(15(25)3-9)6-26-22(31)13-7-27-8-18-28(23(32)19(27)21(30)20(13)29)16-5-17(33-18)11-4-10(11)16;23-8-1-13(24)11(14(25)2-8)5-26-21(31)12-6-27-7-17-28(22(32)18(27)20(30)19(12)29)15-4-16(33-17)10-3-9(10)15/h2-3,7,10-11,16-18,30H,4-6,8H2,1H3,(H,26,31);1-2,6,9-10,15-17,30H,3-5,7H2,(H,26,31)/t10-,11+,16-,17+,18?;9-,10+,15-,16+,17?/m01/s1. The van der Waals surface area contributed by atoms with Crippen molar-refractivity contribution >= 4 is 23.6 Å². The van der Waals surface area contributed by atoms with Gasteiger partial charge in [-0.15, -0.1) is 0 Å². The third kappa shape index (κ3) is 6.51. The highest BCUT2D eigenvalue weighted by Gasteiger charge is 2.64. The van der Waals surface area contributed by atoms with Gasteiger partial charge in [-0.05, 0) is 74.0 Å². The molecular weight excluding hydrogens is 880 g/mol. The fourth-order valence-corrected chi connectivity index (χ4v) is 11.2. The lowest BCUT2D eigenvalue weighted by Crippen LogP contribution is -2.58. The Bertz CT molecular complexity index is 2740.